The van der Waals surface area contributed by atoms with Gasteiger partial charge in [0.15, 0.2) is 0 Å². The van der Waals surface area contributed by atoms with Crippen LogP contribution in [-0.4, -0.2) is 37.2 Å². The second kappa shape index (κ2) is 7.81. The van der Waals surface area contributed by atoms with Gasteiger partial charge in [0.2, 0.25) is 0 Å². The van der Waals surface area contributed by atoms with E-state index >= 15 is 0 Å². The third-order valence-electron chi connectivity index (χ3n) is 4.46. The molecule has 0 heterocycles. The summed E-state index contributed by atoms with van der Waals surface area (Å²) in [4.78, 5) is 2.50. The Morgan fingerprint density at radius 1 is 1.14 bits per heavy atom. The summed E-state index contributed by atoms with van der Waals surface area (Å²) < 4.78 is 5.69. The van der Waals surface area contributed by atoms with E-state index in [-0.39, 0.29) is 6.10 Å². The maximum Gasteiger partial charge on any atom is 0.119 e. The maximum absolute atomic E-state index is 5.69. The van der Waals surface area contributed by atoms with E-state index in [2.05, 4.69) is 62.4 Å². The summed E-state index contributed by atoms with van der Waals surface area (Å²) in [5.74, 6) is 0.964. The van der Waals surface area contributed by atoms with Gasteiger partial charge in [0, 0.05) is 18.6 Å². The molecule has 0 radical (unpaired) electrons. The first-order chi connectivity index (χ1) is 10.1. The van der Waals surface area contributed by atoms with Crippen molar-refractivity contribution in [1.82, 2.24) is 10.2 Å². The Hall–Kier alpha value is -1.06. The monoisotopic (exact) mass is 290 g/mol. The predicted molar refractivity (Wildman–Crippen MR) is 88.8 cm³/mol. The highest BCUT2D eigenvalue weighted by molar-refractivity contribution is 5.27. The van der Waals surface area contributed by atoms with E-state index in [4.69, 9.17) is 4.74 Å². The van der Waals surface area contributed by atoms with Gasteiger partial charge in [0.25, 0.3) is 0 Å². The zero-order chi connectivity index (χ0) is 15.2. The molecular formula is C18H30N2O. The summed E-state index contributed by atoms with van der Waals surface area (Å²) in [6.07, 6.45) is 5.44. The standard InChI is InChI=1S/C18H30N2O/c1-14(2)21-18-11-5-15(6-12-18)13-20(4)17-9-7-16(19-3)8-10-17/h5-6,11-12,14,16-17,19H,7-10,13H2,1-4H3. The van der Waals surface area contributed by atoms with Crippen LogP contribution in [0, 0.1) is 0 Å². The minimum absolute atomic E-state index is 0.237. The van der Waals surface area contributed by atoms with E-state index in [1.807, 2.05) is 0 Å². The normalized spacial score (nSPS) is 22.8. The van der Waals surface area contributed by atoms with Crippen molar-refractivity contribution in [2.75, 3.05) is 14.1 Å². The quantitative estimate of drug-likeness (QED) is 0.868. The average Bonchev–Trinajstić information content (AvgIpc) is 2.49. The fourth-order valence-electron chi connectivity index (χ4n) is 3.17. The summed E-state index contributed by atoms with van der Waals surface area (Å²) in [5, 5.41) is 3.40. The van der Waals surface area contributed by atoms with Gasteiger partial charge in [0.05, 0.1) is 6.10 Å². The van der Waals surface area contributed by atoms with Crippen molar-refractivity contribution in [3.8, 4) is 5.75 Å². The number of nitrogens with one attached hydrogen (secondary N) is 1. The second-order valence-electron chi connectivity index (χ2n) is 6.52. The zero-order valence-electron chi connectivity index (χ0n) is 13.9. The molecule has 3 nitrogen and oxygen atoms in total. The van der Waals surface area contributed by atoms with E-state index in [9.17, 15) is 0 Å². The van der Waals surface area contributed by atoms with Gasteiger partial charge in [-0.1, -0.05) is 12.1 Å². The summed E-state index contributed by atoms with van der Waals surface area (Å²) in [5.41, 5.74) is 1.37. The first-order valence-electron chi connectivity index (χ1n) is 8.21. The van der Waals surface area contributed by atoms with Gasteiger partial charge >= 0.3 is 0 Å². The number of benzene rings is 1. The molecule has 1 aromatic rings. The molecule has 21 heavy (non-hydrogen) atoms. The Kier molecular flexibility index (Phi) is 6.07. The Bertz CT molecular complexity index is 408. The summed E-state index contributed by atoms with van der Waals surface area (Å²) in [6, 6.07) is 9.99. The van der Waals surface area contributed by atoms with Gasteiger partial charge in [-0.25, -0.2) is 0 Å². The lowest BCUT2D eigenvalue weighted by molar-refractivity contribution is 0.170. The number of rotatable bonds is 6. The second-order valence-corrected chi connectivity index (χ2v) is 6.52. The van der Waals surface area contributed by atoms with E-state index < -0.39 is 0 Å². The SMILES string of the molecule is CNC1CCC(N(C)Cc2ccc(OC(C)C)cc2)CC1. The molecule has 1 saturated carbocycles. The first-order valence-corrected chi connectivity index (χ1v) is 8.21. The number of hydrogen-bond donors (Lipinski definition) is 1. The molecule has 3 heteroatoms. The Labute approximate surface area is 129 Å². The van der Waals surface area contributed by atoms with Crippen LogP contribution in [-0.2, 0) is 6.54 Å². The van der Waals surface area contributed by atoms with Crippen LogP contribution < -0.4 is 10.1 Å². The molecule has 0 aliphatic heterocycles. The molecule has 0 saturated heterocycles. The number of ether oxygens (including phenoxy) is 1. The lowest BCUT2D eigenvalue weighted by atomic mass is 9.90. The van der Waals surface area contributed by atoms with Crippen molar-refractivity contribution >= 4 is 0 Å². The molecule has 1 aliphatic rings. The van der Waals surface area contributed by atoms with Gasteiger partial charge in [-0.3, -0.25) is 4.90 Å². The third kappa shape index (κ3) is 5.01. The van der Waals surface area contributed by atoms with Crippen molar-refractivity contribution in [3.05, 3.63) is 29.8 Å². The van der Waals surface area contributed by atoms with Gasteiger partial charge in [-0.05, 0) is 71.3 Å². The zero-order valence-corrected chi connectivity index (χ0v) is 13.9. The summed E-state index contributed by atoms with van der Waals surface area (Å²) >= 11 is 0. The molecule has 0 unspecified atom stereocenters. The predicted octanol–water partition coefficient (Wildman–Crippen LogP) is 3.44. The molecule has 118 valence electrons. The highest BCUT2D eigenvalue weighted by Crippen LogP contribution is 2.24. The Morgan fingerprint density at radius 3 is 2.29 bits per heavy atom. The topological polar surface area (TPSA) is 24.5 Å². The number of hydrogen-bond acceptors (Lipinski definition) is 3. The molecule has 1 aromatic carbocycles. The van der Waals surface area contributed by atoms with Crippen molar-refractivity contribution in [3.63, 3.8) is 0 Å². The van der Waals surface area contributed by atoms with Crippen LogP contribution in [0.3, 0.4) is 0 Å². The summed E-state index contributed by atoms with van der Waals surface area (Å²) in [7, 11) is 4.33. The van der Waals surface area contributed by atoms with Crippen LogP contribution in [0.1, 0.15) is 45.1 Å². The minimum Gasteiger partial charge on any atom is -0.491 e. The van der Waals surface area contributed by atoms with Crippen LogP contribution in [0.4, 0.5) is 0 Å². The molecule has 0 bridgehead atoms. The molecule has 1 aliphatic carbocycles. The maximum atomic E-state index is 5.69. The molecule has 0 atom stereocenters. The van der Waals surface area contributed by atoms with Gasteiger partial charge in [-0.15, -0.1) is 0 Å². The molecule has 1 fully saturated rings. The number of nitrogens with zero attached hydrogens (tertiary/aromatic N) is 1. The van der Waals surface area contributed by atoms with Crippen LogP contribution >= 0.6 is 0 Å². The average molecular weight is 290 g/mol. The van der Waals surface area contributed by atoms with E-state index in [0.29, 0.717) is 0 Å². The summed E-state index contributed by atoms with van der Waals surface area (Å²) in [6.45, 7) is 5.14. The van der Waals surface area contributed by atoms with Crippen LogP contribution in [0.2, 0.25) is 0 Å². The van der Waals surface area contributed by atoms with Crippen molar-refractivity contribution in [1.29, 1.82) is 0 Å². The van der Waals surface area contributed by atoms with Crippen molar-refractivity contribution < 1.29 is 4.74 Å². The van der Waals surface area contributed by atoms with E-state index in [0.717, 1.165) is 24.4 Å². The lowest BCUT2D eigenvalue weighted by Gasteiger charge is -2.34. The Morgan fingerprint density at radius 2 is 1.76 bits per heavy atom. The van der Waals surface area contributed by atoms with Gasteiger partial charge in [0.1, 0.15) is 5.75 Å². The largest absolute Gasteiger partial charge is 0.491 e. The van der Waals surface area contributed by atoms with Crippen LogP contribution in [0.5, 0.6) is 5.75 Å². The van der Waals surface area contributed by atoms with Crippen molar-refractivity contribution in [2.24, 2.45) is 0 Å². The molecule has 0 amide bonds. The molecule has 0 aromatic heterocycles. The molecule has 1 N–H and O–H groups in total. The van der Waals surface area contributed by atoms with Crippen molar-refractivity contribution in [2.45, 2.75) is 64.3 Å². The fourth-order valence-corrected chi connectivity index (χ4v) is 3.17. The fraction of sp³-hybridized carbons (Fsp3) is 0.667. The van der Waals surface area contributed by atoms with Crippen LogP contribution in [0.15, 0.2) is 24.3 Å². The highest BCUT2D eigenvalue weighted by atomic mass is 16.5. The van der Waals surface area contributed by atoms with Crippen LogP contribution in [0.25, 0.3) is 0 Å². The van der Waals surface area contributed by atoms with E-state index in [1.54, 1.807) is 0 Å². The molecule has 0 spiro atoms. The molecule has 2 rings (SSSR count). The highest BCUT2D eigenvalue weighted by Gasteiger charge is 2.22. The van der Waals surface area contributed by atoms with Gasteiger partial charge < -0.3 is 10.1 Å². The third-order valence-corrected chi connectivity index (χ3v) is 4.46. The minimum atomic E-state index is 0.237. The lowest BCUT2D eigenvalue weighted by Crippen LogP contribution is -2.39. The smallest absolute Gasteiger partial charge is 0.119 e. The van der Waals surface area contributed by atoms with E-state index in [1.165, 1.54) is 31.2 Å². The Balaban J connectivity index is 1.83. The molecular weight excluding hydrogens is 260 g/mol. The first kappa shape index (κ1) is 16.3. The van der Waals surface area contributed by atoms with Gasteiger partial charge in [-0.2, -0.15) is 0 Å².